The highest BCUT2D eigenvalue weighted by atomic mass is 16.2. The van der Waals surface area contributed by atoms with E-state index in [0.717, 1.165) is 0 Å². The van der Waals surface area contributed by atoms with Crippen LogP contribution in [0.2, 0.25) is 0 Å². The monoisotopic (exact) mass is 197 g/mol. The Hall–Kier alpha value is -1.92. The predicted molar refractivity (Wildman–Crippen MR) is 47.1 cm³/mol. The molecular weight excluding hydrogens is 186 g/mol. The van der Waals surface area contributed by atoms with E-state index in [2.05, 4.69) is 20.7 Å². The van der Waals surface area contributed by atoms with Crippen LogP contribution < -0.4 is 11.1 Å². The van der Waals surface area contributed by atoms with Crippen LogP contribution >= 0.6 is 0 Å². The second-order valence-corrected chi connectivity index (χ2v) is 3.30. The molecule has 7 heteroatoms. The van der Waals surface area contributed by atoms with Crippen LogP contribution in [0.5, 0.6) is 0 Å². The summed E-state index contributed by atoms with van der Waals surface area (Å²) < 4.78 is 0. The maximum absolute atomic E-state index is 11.4. The van der Waals surface area contributed by atoms with Crippen LogP contribution in [0, 0.1) is 0 Å². The van der Waals surface area contributed by atoms with Gasteiger partial charge in [0.15, 0.2) is 5.69 Å². The van der Waals surface area contributed by atoms with E-state index in [-0.39, 0.29) is 5.69 Å². The molecule has 1 aromatic rings. The summed E-state index contributed by atoms with van der Waals surface area (Å²) in [6, 6.07) is 0. The van der Waals surface area contributed by atoms with Gasteiger partial charge in [0.2, 0.25) is 5.91 Å². The molecule has 0 atom stereocenters. The number of H-pyrrole nitrogens is 1. The Labute approximate surface area is 80.1 Å². The first kappa shape index (κ1) is 10.2. The van der Waals surface area contributed by atoms with Crippen LogP contribution in [0.1, 0.15) is 24.3 Å². The Morgan fingerprint density at radius 2 is 2.21 bits per heavy atom. The molecule has 0 bridgehead atoms. The molecule has 0 unspecified atom stereocenters. The lowest BCUT2D eigenvalue weighted by molar-refractivity contribution is -0.122. The largest absolute Gasteiger partial charge is 0.368 e. The molecule has 0 aliphatic heterocycles. The van der Waals surface area contributed by atoms with Gasteiger partial charge in [-0.05, 0) is 13.8 Å². The molecule has 1 aromatic heterocycles. The third-order valence-corrected chi connectivity index (χ3v) is 1.69. The van der Waals surface area contributed by atoms with E-state index in [1.165, 1.54) is 20.0 Å². The van der Waals surface area contributed by atoms with Gasteiger partial charge in [-0.1, -0.05) is 0 Å². The van der Waals surface area contributed by atoms with Gasteiger partial charge in [0.05, 0.1) is 6.20 Å². The molecule has 2 amide bonds. The number of hydrogen-bond acceptors (Lipinski definition) is 4. The molecule has 0 spiro atoms. The number of nitrogens with two attached hydrogens (primary N) is 1. The summed E-state index contributed by atoms with van der Waals surface area (Å²) in [7, 11) is 0. The lowest BCUT2D eigenvalue weighted by atomic mass is 10.1. The summed E-state index contributed by atoms with van der Waals surface area (Å²) in [6.45, 7) is 3.01. The van der Waals surface area contributed by atoms with Crippen molar-refractivity contribution in [3.63, 3.8) is 0 Å². The average Bonchev–Trinajstić information content (AvgIpc) is 2.54. The van der Waals surface area contributed by atoms with Crippen molar-refractivity contribution in [1.82, 2.24) is 20.7 Å². The zero-order valence-electron chi connectivity index (χ0n) is 7.87. The quantitative estimate of drug-likeness (QED) is 0.564. The molecule has 0 aliphatic rings. The molecular formula is C7H11N5O2. The van der Waals surface area contributed by atoms with E-state index < -0.39 is 17.4 Å². The number of hydrogen-bond donors (Lipinski definition) is 3. The molecule has 0 saturated carbocycles. The van der Waals surface area contributed by atoms with E-state index >= 15 is 0 Å². The SMILES string of the molecule is CC(C)(NC(=O)c1cn[nH]n1)C(N)=O. The normalized spacial score (nSPS) is 11.0. The first-order valence-electron chi connectivity index (χ1n) is 3.91. The second kappa shape index (κ2) is 3.44. The third kappa shape index (κ3) is 2.06. The number of nitrogens with zero attached hydrogens (tertiary/aromatic N) is 2. The van der Waals surface area contributed by atoms with Gasteiger partial charge in [0.25, 0.3) is 5.91 Å². The Kier molecular flexibility index (Phi) is 2.50. The van der Waals surface area contributed by atoms with Crippen molar-refractivity contribution < 1.29 is 9.59 Å². The summed E-state index contributed by atoms with van der Waals surface area (Å²) in [5.41, 5.74) is 4.08. The molecule has 0 aliphatic carbocycles. The van der Waals surface area contributed by atoms with Crippen molar-refractivity contribution in [2.45, 2.75) is 19.4 Å². The maximum atomic E-state index is 11.4. The van der Waals surface area contributed by atoms with Gasteiger partial charge in [0.1, 0.15) is 5.54 Å². The van der Waals surface area contributed by atoms with Crippen LogP contribution in [0.25, 0.3) is 0 Å². The number of aromatic amines is 1. The number of rotatable bonds is 3. The number of nitrogens with one attached hydrogen (secondary N) is 2. The van der Waals surface area contributed by atoms with Crippen LogP contribution in [-0.2, 0) is 4.79 Å². The summed E-state index contributed by atoms with van der Waals surface area (Å²) in [5, 5.41) is 11.7. The Balaban J connectivity index is 2.71. The molecule has 4 N–H and O–H groups in total. The molecule has 1 heterocycles. The fourth-order valence-corrected chi connectivity index (χ4v) is 0.720. The van der Waals surface area contributed by atoms with Crippen LogP contribution in [0.4, 0.5) is 0 Å². The van der Waals surface area contributed by atoms with Gasteiger partial charge in [-0.3, -0.25) is 9.59 Å². The second-order valence-electron chi connectivity index (χ2n) is 3.30. The minimum Gasteiger partial charge on any atom is -0.368 e. The van der Waals surface area contributed by atoms with Gasteiger partial charge < -0.3 is 11.1 Å². The Morgan fingerprint density at radius 3 is 2.64 bits per heavy atom. The highest BCUT2D eigenvalue weighted by Crippen LogP contribution is 2.02. The van der Waals surface area contributed by atoms with Crippen LogP contribution in [-0.4, -0.2) is 32.8 Å². The summed E-state index contributed by atoms with van der Waals surface area (Å²) >= 11 is 0. The van der Waals surface area contributed by atoms with Crippen LogP contribution in [0.3, 0.4) is 0 Å². The molecule has 7 nitrogen and oxygen atoms in total. The zero-order chi connectivity index (χ0) is 10.8. The van der Waals surface area contributed by atoms with E-state index in [4.69, 9.17) is 5.73 Å². The lowest BCUT2D eigenvalue weighted by Crippen LogP contribution is -2.53. The molecule has 0 radical (unpaired) electrons. The van der Waals surface area contributed by atoms with Gasteiger partial charge in [-0.25, -0.2) is 0 Å². The van der Waals surface area contributed by atoms with Crippen molar-refractivity contribution in [3.05, 3.63) is 11.9 Å². The first-order chi connectivity index (χ1) is 6.43. The van der Waals surface area contributed by atoms with Crippen molar-refractivity contribution >= 4 is 11.8 Å². The number of primary amides is 1. The van der Waals surface area contributed by atoms with E-state index in [1.54, 1.807) is 0 Å². The standard InChI is InChI=1S/C7H11N5O2/c1-7(2,6(8)14)10-5(13)4-3-9-12-11-4/h3H,1-2H3,(H2,8,14)(H,10,13)(H,9,11,12). The van der Waals surface area contributed by atoms with E-state index in [1.807, 2.05) is 0 Å². The average molecular weight is 197 g/mol. The highest BCUT2D eigenvalue weighted by Gasteiger charge is 2.27. The van der Waals surface area contributed by atoms with Gasteiger partial charge in [-0.15, -0.1) is 0 Å². The molecule has 0 aromatic carbocycles. The number of carbonyl (C=O) groups excluding carboxylic acids is 2. The van der Waals surface area contributed by atoms with E-state index in [9.17, 15) is 9.59 Å². The molecule has 14 heavy (non-hydrogen) atoms. The first-order valence-corrected chi connectivity index (χ1v) is 3.91. The van der Waals surface area contributed by atoms with Crippen LogP contribution in [0.15, 0.2) is 6.20 Å². The minimum absolute atomic E-state index is 0.110. The van der Waals surface area contributed by atoms with Gasteiger partial charge in [-0.2, -0.15) is 15.4 Å². The minimum atomic E-state index is -1.10. The maximum Gasteiger partial charge on any atom is 0.274 e. The molecule has 0 saturated heterocycles. The van der Waals surface area contributed by atoms with Crippen molar-refractivity contribution in [1.29, 1.82) is 0 Å². The van der Waals surface area contributed by atoms with Gasteiger partial charge in [0, 0.05) is 0 Å². The summed E-state index contributed by atoms with van der Waals surface area (Å²) in [4.78, 5) is 22.3. The number of amides is 2. The zero-order valence-corrected chi connectivity index (χ0v) is 7.87. The molecule has 1 rings (SSSR count). The van der Waals surface area contributed by atoms with Gasteiger partial charge >= 0.3 is 0 Å². The summed E-state index contributed by atoms with van der Waals surface area (Å²) in [5.74, 6) is -1.11. The number of aromatic nitrogens is 3. The van der Waals surface area contributed by atoms with Crippen molar-refractivity contribution in [3.8, 4) is 0 Å². The Morgan fingerprint density at radius 1 is 1.57 bits per heavy atom. The highest BCUT2D eigenvalue weighted by molar-refractivity contribution is 5.96. The van der Waals surface area contributed by atoms with E-state index in [0.29, 0.717) is 0 Å². The fraction of sp³-hybridized carbons (Fsp3) is 0.429. The molecule has 76 valence electrons. The predicted octanol–water partition coefficient (Wildman–Crippen LogP) is -1.20. The Bertz CT molecular complexity index is 343. The number of carbonyl (C=O) groups is 2. The lowest BCUT2D eigenvalue weighted by Gasteiger charge is -2.21. The fourth-order valence-electron chi connectivity index (χ4n) is 0.720. The van der Waals surface area contributed by atoms with Crippen molar-refractivity contribution in [2.24, 2.45) is 5.73 Å². The van der Waals surface area contributed by atoms with Crippen molar-refractivity contribution in [2.75, 3.05) is 0 Å². The summed E-state index contributed by atoms with van der Waals surface area (Å²) in [6.07, 6.45) is 1.26. The third-order valence-electron chi connectivity index (χ3n) is 1.69. The topological polar surface area (TPSA) is 114 Å². The smallest absolute Gasteiger partial charge is 0.274 e. The molecule has 0 fully saturated rings.